The van der Waals surface area contributed by atoms with E-state index < -0.39 is 0 Å². The van der Waals surface area contributed by atoms with Crippen molar-refractivity contribution in [1.29, 1.82) is 0 Å². The van der Waals surface area contributed by atoms with Crippen molar-refractivity contribution in [3.63, 3.8) is 0 Å². The second-order valence-corrected chi connectivity index (χ2v) is 7.81. The Labute approximate surface area is 170 Å². The van der Waals surface area contributed by atoms with Gasteiger partial charge in [-0.25, -0.2) is 0 Å². The summed E-state index contributed by atoms with van der Waals surface area (Å²) in [6.07, 6.45) is 3.87. The van der Waals surface area contributed by atoms with Gasteiger partial charge < -0.3 is 4.42 Å². The van der Waals surface area contributed by atoms with E-state index in [0.29, 0.717) is 0 Å². The molecule has 3 aromatic heterocycles. The Morgan fingerprint density at radius 2 is 1.31 bits per heavy atom. The fraction of sp³-hybridized carbons (Fsp3) is 0.154. The van der Waals surface area contributed by atoms with Crippen molar-refractivity contribution >= 4 is 21.9 Å². The third-order valence-electron chi connectivity index (χ3n) is 5.79. The van der Waals surface area contributed by atoms with E-state index in [9.17, 15) is 0 Å². The van der Waals surface area contributed by atoms with Crippen LogP contribution in [0.4, 0.5) is 0 Å². The van der Waals surface area contributed by atoms with Crippen LogP contribution in [-0.2, 0) is 0 Å². The minimum atomic E-state index is 0.870. The van der Waals surface area contributed by atoms with Gasteiger partial charge in [-0.2, -0.15) is 0 Å². The number of pyridine rings is 2. The monoisotopic (exact) mass is 378 g/mol. The first-order valence-corrected chi connectivity index (χ1v) is 9.84. The van der Waals surface area contributed by atoms with Crippen LogP contribution in [0, 0.1) is 27.7 Å². The smallest absolute Gasteiger partial charge is 0.144 e. The van der Waals surface area contributed by atoms with Gasteiger partial charge in [0.2, 0.25) is 0 Å². The molecule has 0 aliphatic rings. The highest BCUT2D eigenvalue weighted by Crippen LogP contribution is 2.39. The molecule has 0 radical (unpaired) electrons. The van der Waals surface area contributed by atoms with Gasteiger partial charge in [0.15, 0.2) is 0 Å². The molecule has 5 aromatic rings. The summed E-state index contributed by atoms with van der Waals surface area (Å²) in [5.74, 6) is 0. The molecule has 3 nitrogen and oxygen atoms in total. The Morgan fingerprint density at radius 1 is 0.655 bits per heavy atom. The molecular formula is C26H22N2O. The van der Waals surface area contributed by atoms with Gasteiger partial charge in [-0.3, -0.25) is 9.97 Å². The molecule has 29 heavy (non-hydrogen) atoms. The van der Waals surface area contributed by atoms with E-state index in [1.807, 2.05) is 30.6 Å². The van der Waals surface area contributed by atoms with Crippen molar-refractivity contribution in [2.45, 2.75) is 27.7 Å². The van der Waals surface area contributed by atoms with Crippen LogP contribution in [0.1, 0.15) is 22.3 Å². The van der Waals surface area contributed by atoms with Gasteiger partial charge in [0.05, 0.1) is 11.4 Å². The first-order chi connectivity index (χ1) is 14.0. The molecule has 3 heteroatoms. The zero-order chi connectivity index (χ0) is 20.1. The number of aromatic nitrogens is 2. The lowest BCUT2D eigenvalue weighted by Gasteiger charge is -2.10. The van der Waals surface area contributed by atoms with Gasteiger partial charge in [0, 0.05) is 34.3 Å². The largest absolute Gasteiger partial charge is 0.455 e. The summed E-state index contributed by atoms with van der Waals surface area (Å²) in [6, 6.07) is 16.8. The Kier molecular flexibility index (Phi) is 3.99. The van der Waals surface area contributed by atoms with E-state index in [-0.39, 0.29) is 0 Å². The number of nitrogens with zero attached hydrogens (tertiary/aromatic N) is 2. The number of para-hydroxylation sites is 1. The van der Waals surface area contributed by atoms with Crippen LogP contribution >= 0.6 is 0 Å². The number of rotatable bonds is 2. The lowest BCUT2D eigenvalue weighted by atomic mass is 9.98. The summed E-state index contributed by atoms with van der Waals surface area (Å²) >= 11 is 0. The standard InChI is InChI=1S/C26H22N2O/c1-15-9-23(27-13-17(15)3)19-11-21-20-7-5-6-8-25(20)29-26(21)22(12-19)24-10-16(2)18(4)14-28-24/h5-14H,1-4H3. The Bertz CT molecular complexity index is 1400. The van der Waals surface area contributed by atoms with Crippen LogP contribution in [0.5, 0.6) is 0 Å². The molecule has 0 atom stereocenters. The minimum Gasteiger partial charge on any atom is -0.455 e. The van der Waals surface area contributed by atoms with Gasteiger partial charge in [-0.1, -0.05) is 18.2 Å². The molecule has 0 saturated heterocycles. The van der Waals surface area contributed by atoms with Gasteiger partial charge in [0.1, 0.15) is 11.2 Å². The van der Waals surface area contributed by atoms with Crippen molar-refractivity contribution < 1.29 is 4.42 Å². The summed E-state index contributed by atoms with van der Waals surface area (Å²) in [5.41, 5.74) is 10.5. The maximum atomic E-state index is 6.28. The second kappa shape index (κ2) is 6.56. The third kappa shape index (κ3) is 2.90. The van der Waals surface area contributed by atoms with Gasteiger partial charge >= 0.3 is 0 Å². The van der Waals surface area contributed by atoms with Crippen LogP contribution in [-0.4, -0.2) is 9.97 Å². The molecule has 0 unspecified atom stereocenters. The predicted molar refractivity (Wildman–Crippen MR) is 119 cm³/mol. The summed E-state index contributed by atoms with van der Waals surface area (Å²) in [5, 5.41) is 2.20. The molecule has 0 bridgehead atoms. The van der Waals surface area contributed by atoms with Crippen molar-refractivity contribution in [2.75, 3.05) is 0 Å². The fourth-order valence-electron chi connectivity index (χ4n) is 3.72. The molecule has 0 fully saturated rings. The molecule has 3 heterocycles. The Balaban J connectivity index is 1.86. The SMILES string of the molecule is Cc1cnc(-c2cc(-c3cc(C)c(C)cn3)c3oc4ccccc4c3c2)cc1C. The van der Waals surface area contributed by atoms with Crippen molar-refractivity contribution in [1.82, 2.24) is 9.97 Å². The average Bonchev–Trinajstić information content (AvgIpc) is 3.10. The van der Waals surface area contributed by atoms with Crippen molar-refractivity contribution in [3.8, 4) is 22.5 Å². The lowest BCUT2D eigenvalue weighted by Crippen LogP contribution is -1.92. The van der Waals surface area contributed by atoms with E-state index in [2.05, 4.69) is 58.0 Å². The zero-order valence-corrected chi connectivity index (χ0v) is 17.1. The summed E-state index contributed by atoms with van der Waals surface area (Å²) in [7, 11) is 0. The molecule has 142 valence electrons. The summed E-state index contributed by atoms with van der Waals surface area (Å²) in [6.45, 7) is 8.41. The number of hydrogen-bond acceptors (Lipinski definition) is 3. The predicted octanol–water partition coefficient (Wildman–Crippen LogP) is 6.94. The number of fused-ring (bicyclic) bond motifs is 3. The van der Waals surface area contributed by atoms with Crippen LogP contribution in [0.3, 0.4) is 0 Å². The van der Waals surface area contributed by atoms with Gasteiger partial charge in [-0.05, 0) is 80.3 Å². The van der Waals surface area contributed by atoms with E-state index >= 15 is 0 Å². The fourth-order valence-corrected chi connectivity index (χ4v) is 3.72. The first kappa shape index (κ1) is 17.6. The Morgan fingerprint density at radius 3 is 2.03 bits per heavy atom. The minimum absolute atomic E-state index is 0.870. The van der Waals surface area contributed by atoms with Crippen molar-refractivity contribution in [3.05, 3.63) is 83.2 Å². The molecular weight excluding hydrogens is 356 g/mol. The molecule has 0 amide bonds. The first-order valence-electron chi connectivity index (χ1n) is 9.84. The maximum Gasteiger partial charge on any atom is 0.144 e. The highest BCUT2D eigenvalue weighted by molar-refractivity contribution is 6.11. The van der Waals surface area contributed by atoms with E-state index in [1.165, 1.54) is 22.3 Å². The molecule has 0 saturated carbocycles. The molecule has 5 rings (SSSR count). The van der Waals surface area contributed by atoms with E-state index in [1.54, 1.807) is 0 Å². The number of furan rings is 1. The maximum absolute atomic E-state index is 6.28. The number of aryl methyl sites for hydroxylation is 4. The Hall–Kier alpha value is -3.46. The third-order valence-corrected chi connectivity index (χ3v) is 5.79. The normalized spacial score (nSPS) is 11.4. The molecule has 0 N–H and O–H groups in total. The van der Waals surface area contributed by atoms with E-state index in [0.717, 1.165) is 44.5 Å². The van der Waals surface area contributed by atoms with Crippen LogP contribution < -0.4 is 0 Å². The highest BCUT2D eigenvalue weighted by Gasteiger charge is 2.16. The summed E-state index contributed by atoms with van der Waals surface area (Å²) < 4.78 is 6.28. The average molecular weight is 378 g/mol. The zero-order valence-electron chi connectivity index (χ0n) is 17.1. The topological polar surface area (TPSA) is 38.9 Å². The van der Waals surface area contributed by atoms with Crippen LogP contribution in [0.2, 0.25) is 0 Å². The van der Waals surface area contributed by atoms with Gasteiger partial charge in [-0.15, -0.1) is 0 Å². The van der Waals surface area contributed by atoms with Crippen LogP contribution in [0.25, 0.3) is 44.5 Å². The molecule has 0 spiro atoms. The molecule has 0 aliphatic carbocycles. The number of benzene rings is 2. The second-order valence-electron chi connectivity index (χ2n) is 7.81. The quantitative estimate of drug-likeness (QED) is 0.334. The number of hydrogen-bond donors (Lipinski definition) is 0. The molecule has 0 aliphatic heterocycles. The lowest BCUT2D eigenvalue weighted by molar-refractivity contribution is 0.670. The van der Waals surface area contributed by atoms with Crippen molar-refractivity contribution in [2.24, 2.45) is 0 Å². The van der Waals surface area contributed by atoms with E-state index in [4.69, 9.17) is 14.4 Å². The van der Waals surface area contributed by atoms with Gasteiger partial charge in [0.25, 0.3) is 0 Å². The highest BCUT2D eigenvalue weighted by atomic mass is 16.3. The van der Waals surface area contributed by atoms with Crippen LogP contribution in [0.15, 0.2) is 65.3 Å². The molecule has 2 aromatic carbocycles. The summed E-state index contributed by atoms with van der Waals surface area (Å²) in [4.78, 5) is 9.41.